The molecule has 0 spiro atoms. The summed E-state index contributed by atoms with van der Waals surface area (Å²) in [7, 11) is 0. The number of benzene rings is 2. The summed E-state index contributed by atoms with van der Waals surface area (Å²) in [6.45, 7) is 8.09. The Morgan fingerprint density at radius 2 is 1.76 bits per heavy atom. The van der Waals surface area contributed by atoms with E-state index < -0.39 is 0 Å². The summed E-state index contributed by atoms with van der Waals surface area (Å²) in [5, 5.41) is 3.51. The van der Waals surface area contributed by atoms with Gasteiger partial charge in [-0.2, -0.15) is 0 Å². The summed E-state index contributed by atoms with van der Waals surface area (Å²) in [5.41, 5.74) is 4.06. The zero-order valence-electron chi connectivity index (χ0n) is 13.2. The Hall–Kier alpha value is -1.80. The van der Waals surface area contributed by atoms with Crippen LogP contribution < -0.4 is 10.1 Å². The first kappa shape index (κ1) is 15.6. The van der Waals surface area contributed by atoms with Crippen molar-refractivity contribution in [2.24, 2.45) is 0 Å². The maximum atomic E-state index is 5.88. The molecule has 0 heterocycles. The number of nitrogens with one attached hydrogen (secondary N) is 1. The van der Waals surface area contributed by atoms with E-state index in [-0.39, 0.29) is 0 Å². The Labute approximate surface area is 128 Å². The van der Waals surface area contributed by atoms with E-state index >= 15 is 0 Å². The van der Waals surface area contributed by atoms with E-state index in [1.54, 1.807) is 0 Å². The molecule has 2 aromatic carbocycles. The van der Waals surface area contributed by atoms with Gasteiger partial charge in [-0.05, 0) is 55.6 Å². The number of ether oxygens (including phenoxy) is 1. The van der Waals surface area contributed by atoms with Crippen LogP contribution in [0.15, 0.2) is 48.5 Å². The lowest BCUT2D eigenvalue weighted by Crippen LogP contribution is -2.36. The van der Waals surface area contributed by atoms with Crippen molar-refractivity contribution in [3.05, 3.63) is 65.2 Å². The van der Waals surface area contributed by atoms with Gasteiger partial charge in [0.2, 0.25) is 0 Å². The van der Waals surface area contributed by atoms with Crippen LogP contribution >= 0.6 is 0 Å². The Balaban J connectivity index is 1.96. The van der Waals surface area contributed by atoms with Gasteiger partial charge < -0.3 is 10.1 Å². The SMILES string of the molecule is CCNC(COc1ccccc1)Cc1ccc(C)c(C)c1. The minimum absolute atomic E-state index is 0.331. The van der Waals surface area contributed by atoms with E-state index in [0.717, 1.165) is 18.7 Å². The molecule has 0 aliphatic rings. The summed E-state index contributed by atoms with van der Waals surface area (Å²) in [4.78, 5) is 0. The maximum absolute atomic E-state index is 5.88. The Morgan fingerprint density at radius 1 is 1.00 bits per heavy atom. The van der Waals surface area contributed by atoms with Crippen molar-refractivity contribution in [1.82, 2.24) is 5.32 Å². The molecule has 1 unspecified atom stereocenters. The smallest absolute Gasteiger partial charge is 0.119 e. The predicted molar refractivity (Wildman–Crippen MR) is 89.0 cm³/mol. The highest BCUT2D eigenvalue weighted by atomic mass is 16.5. The summed E-state index contributed by atoms with van der Waals surface area (Å²) >= 11 is 0. The second-order valence-electron chi connectivity index (χ2n) is 5.50. The summed E-state index contributed by atoms with van der Waals surface area (Å²) < 4.78 is 5.88. The van der Waals surface area contributed by atoms with Crippen LogP contribution in [-0.4, -0.2) is 19.2 Å². The van der Waals surface area contributed by atoms with Crippen LogP contribution in [0.3, 0.4) is 0 Å². The summed E-state index contributed by atoms with van der Waals surface area (Å²) in [6.07, 6.45) is 0.988. The standard InChI is InChI=1S/C19H25NO/c1-4-20-18(14-21-19-8-6-5-7-9-19)13-17-11-10-15(2)16(3)12-17/h5-12,18,20H,4,13-14H2,1-3H3. The van der Waals surface area contributed by atoms with Gasteiger partial charge in [-0.25, -0.2) is 0 Å². The minimum Gasteiger partial charge on any atom is -0.492 e. The van der Waals surface area contributed by atoms with Crippen LogP contribution in [0.4, 0.5) is 0 Å². The van der Waals surface area contributed by atoms with Gasteiger partial charge in [0.15, 0.2) is 0 Å². The van der Waals surface area contributed by atoms with Gasteiger partial charge in [0.05, 0.1) is 0 Å². The molecule has 2 aromatic rings. The molecule has 2 nitrogen and oxygen atoms in total. The fourth-order valence-electron chi connectivity index (χ4n) is 2.41. The van der Waals surface area contributed by atoms with Crippen molar-refractivity contribution in [2.75, 3.05) is 13.2 Å². The first-order chi connectivity index (χ1) is 10.2. The van der Waals surface area contributed by atoms with Crippen LogP contribution in [0.2, 0.25) is 0 Å². The van der Waals surface area contributed by atoms with E-state index in [1.165, 1.54) is 16.7 Å². The van der Waals surface area contributed by atoms with Gasteiger partial charge in [0, 0.05) is 6.04 Å². The van der Waals surface area contributed by atoms with Gasteiger partial charge in [-0.3, -0.25) is 0 Å². The summed E-state index contributed by atoms with van der Waals surface area (Å²) in [6, 6.07) is 17.0. The van der Waals surface area contributed by atoms with Gasteiger partial charge >= 0.3 is 0 Å². The zero-order chi connectivity index (χ0) is 15.1. The first-order valence-electron chi connectivity index (χ1n) is 7.66. The highest BCUT2D eigenvalue weighted by Gasteiger charge is 2.10. The molecule has 2 heteroatoms. The largest absolute Gasteiger partial charge is 0.492 e. The third-order valence-electron chi connectivity index (χ3n) is 3.74. The zero-order valence-corrected chi connectivity index (χ0v) is 13.2. The number of likely N-dealkylation sites (N-methyl/N-ethyl adjacent to an activating group) is 1. The lowest BCUT2D eigenvalue weighted by atomic mass is 10.0. The molecule has 0 aliphatic carbocycles. The average molecular weight is 283 g/mol. The number of aryl methyl sites for hydroxylation is 2. The maximum Gasteiger partial charge on any atom is 0.119 e. The van der Waals surface area contributed by atoms with Crippen molar-refractivity contribution in [1.29, 1.82) is 0 Å². The fourth-order valence-corrected chi connectivity index (χ4v) is 2.41. The van der Waals surface area contributed by atoms with E-state index in [9.17, 15) is 0 Å². The quantitative estimate of drug-likeness (QED) is 0.832. The second-order valence-corrected chi connectivity index (χ2v) is 5.50. The molecule has 0 saturated heterocycles. The molecule has 0 aromatic heterocycles. The van der Waals surface area contributed by atoms with Crippen LogP contribution in [0.25, 0.3) is 0 Å². The summed E-state index contributed by atoms with van der Waals surface area (Å²) in [5.74, 6) is 0.931. The van der Waals surface area contributed by atoms with Crippen molar-refractivity contribution in [3.8, 4) is 5.75 Å². The van der Waals surface area contributed by atoms with Crippen molar-refractivity contribution < 1.29 is 4.74 Å². The molecule has 2 rings (SSSR count). The van der Waals surface area contributed by atoms with Crippen LogP contribution in [0, 0.1) is 13.8 Å². The van der Waals surface area contributed by atoms with Crippen LogP contribution in [0.5, 0.6) is 5.75 Å². The molecule has 21 heavy (non-hydrogen) atoms. The number of hydrogen-bond donors (Lipinski definition) is 1. The van der Waals surface area contributed by atoms with Gasteiger partial charge in [0.1, 0.15) is 12.4 Å². The molecule has 112 valence electrons. The van der Waals surface area contributed by atoms with Crippen LogP contribution in [-0.2, 0) is 6.42 Å². The topological polar surface area (TPSA) is 21.3 Å². The van der Waals surface area contributed by atoms with Gasteiger partial charge in [-0.1, -0.05) is 43.3 Å². The third-order valence-corrected chi connectivity index (χ3v) is 3.74. The van der Waals surface area contributed by atoms with Crippen molar-refractivity contribution in [3.63, 3.8) is 0 Å². The van der Waals surface area contributed by atoms with E-state index in [0.29, 0.717) is 12.6 Å². The molecular weight excluding hydrogens is 258 g/mol. The molecule has 0 amide bonds. The first-order valence-corrected chi connectivity index (χ1v) is 7.66. The number of para-hydroxylation sites is 1. The van der Waals surface area contributed by atoms with Crippen LogP contribution in [0.1, 0.15) is 23.6 Å². The Kier molecular flexibility index (Phi) is 5.82. The van der Waals surface area contributed by atoms with E-state index in [1.807, 2.05) is 30.3 Å². The van der Waals surface area contributed by atoms with Gasteiger partial charge in [-0.15, -0.1) is 0 Å². The highest BCUT2D eigenvalue weighted by molar-refractivity contribution is 5.30. The monoisotopic (exact) mass is 283 g/mol. The molecule has 1 atom stereocenters. The lowest BCUT2D eigenvalue weighted by molar-refractivity contribution is 0.265. The van der Waals surface area contributed by atoms with Crippen molar-refractivity contribution >= 4 is 0 Å². The molecule has 0 saturated carbocycles. The molecule has 0 aliphatic heterocycles. The normalized spacial score (nSPS) is 12.1. The van der Waals surface area contributed by atoms with Gasteiger partial charge in [0.25, 0.3) is 0 Å². The molecule has 0 radical (unpaired) electrons. The molecule has 1 N–H and O–H groups in total. The minimum atomic E-state index is 0.331. The number of rotatable bonds is 7. The second kappa shape index (κ2) is 7.84. The van der Waals surface area contributed by atoms with Crippen molar-refractivity contribution in [2.45, 2.75) is 33.2 Å². The fraction of sp³-hybridized carbons (Fsp3) is 0.368. The lowest BCUT2D eigenvalue weighted by Gasteiger charge is -2.19. The Bertz CT molecular complexity index is 551. The molecular formula is C19H25NO. The number of hydrogen-bond acceptors (Lipinski definition) is 2. The molecule has 0 bridgehead atoms. The van der Waals surface area contributed by atoms with E-state index in [2.05, 4.69) is 44.3 Å². The Morgan fingerprint density at radius 3 is 2.43 bits per heavy atom. The third kappa shape index (κ3) is 4.91. The van der Waals surface area contributed by atoms with E-state index in [4.69, 9.17) is 4.74 Å². The molecule has 0 fully saturated rings. The highest BCUT2D eigenvalue weighted by Crippen LogP contribution is 2.13. The predicted octanol–water partition coefficient (Wildman–Crippen LogP) is 3.90. The average Bonchev–Trinajstić information content (AvgIpc) is 2.50.